The molecule has 0 radical (unpaired) electrons. The van der Waals surface area contributed by atoms with Gasteiger partial charge in [0.05, 0.1) is 28.7 Å². The average Bonchev–Trinajstić information content (AvgIpc) is 3.65. The maximum absolute atomic E-state index is 16.1. The average molecular weight is 527 g/mol. The van der Waals surface area contributed by atoms with Crippen LogP contribution in [-0.4, -0.2) is 59.0 Å². The molecule has 0 amide bonds. The third-order valence-electron chi connectivity index (χ3n) is 6.96. The van der Waals surface area contributed by atoms with Crippen molar-refractivity contribution in [2.24, 2.45) is 0 Å². The van der Waals surface area contributed by atoms with Crippen LogP contribution in [-0.2, 0) is 6.54 Å². The first-order chi connectivity index (χ1) is 18.9. The molecule has 1 aromatic carbocycles. The molecule has 7 rings (SSSR count). The fourth-order valence-electron chi connectivity index (χ4n) is 5.13. The molecule has 0 saturated carbocycles. The monoisotopic (exact) mass is 526 g/mol. The molecule has 5 aromatic heterocycles. The van der Waals surface area contributed by atoms with Crippen molar-refractivity contribution < 1.29 is 13.2 Å². The van der Waals surface area contributed by atoms with Crippen molar-refractivity contribution in [1.29, 1.82) is 0 Å². The van der Waals surface area contributed by atoms with Crippen LogP contribution in [0.2, 0.25) is 0 Å². The molecule has 194 valence electrons. The van der Waals surface area contributed by atoms with E-state index in [-0.39, 0.29) is 18.4 Å². The van der Waals surface area contributed by atoms with Crippen LogP contribution in [0.1, 0.15) is 12.0 Å². The van der Waals surface area contributed by atoms with Crippen molar-refractivity contribution in [2.75, 3.05) is 13.1 Å². The first-order valence-electron chi connectivity index (χ1n) is 12.4. The highest BCUT2D eigenvalue weighted by Gasteiger charge is 2.38. The maximum atomic E-state index is 16.1. The summed E-state index contributed by atoms with van der Waals surface area (Å²) >= 11 is 0. The Morgan fingerprint density at radius 2 is 1.90 bits per heavy atom. The molecule has 11 heteroatoms. The lowest BCUT2D eigenvalue weighted by atomic mass is 10.0. The maximum Gasteiger partial charge on any atom is 0.261 e. The zero-order chi connectivity index (χ0) is 26.6. The summed E-state index contributed by atoms with van der Waals surface area (Å²) in [5, 5.41) is 7.54. The van der Waals surface area contributed by atoms with E-state index in [0.29, 0.717) is 58.2 Å². The number of imidazole rings is 1. The normalized spacial score (nSPS) is 15.5. The Morgan fingerprint density at radius 3 is 2.72 bits per heavy atom. The Hall–Kier alpha value is -4.64. The summed E-state index contributed by atoms with van der Waals surface area (Å²) in [5.74, 6) is -2.77. The van der Waals surface area contributed by atoms with Gasteiger partial charge in [0.15, 0.2) is 5.82 Å². The zero-order valence-electron chi connectivity index (χ0n) is 20.5. The molecule has 1 saturated heterocycles. The summed E-state index contributed by atoms with van der Waals surface area (Å²) in [5.41, 5.74) is 5.07. The summed E-state index contributed by atoms with van der Waals surface area (Å²) in [7, 11) is 0. The van der Waals surface area contributed by atoms with Gasteiger partial charge in [-0.3, -0.25) is 25.0 Å². The van der Waals surface area contributed by atoms with Gasteiger partial charge in [-0.25, -0.2) is 18.2 Å². The Labute approximate surface area is 220 Å². The van der Waals surface area contributed by atoms with Crippen molar-refractivity contribution in [1.82, 2.24) is 40.0 Å². The highest BCUT2D eigenvalue weighted by molar-refractivity contribution is 5.97. The van der Waals surface area contributed by atoms with Crippen LogP contribution in [0.3, 0.4) is 0 Å². The van der Waals surface area contributed by atoms with Gasteiger partial charge in [-0.1, -0.05) is 6.07 Å². The second kappa shape index (κ2) is 8.98. The van der Waals surface area contributed by atoms with Gasteiger partial charge in [0, 0.05) is 55.4 Å². The van der Waals surface area contributed by atoms with Crippen molar-refractivity contribution >= 4 is 21.9 Å². The Bertz CT molecular complexity index is 1830. The lowest BCUT2D eigenvalue weighted by Crippen LogP contribution is -2.24. The predicted molar refractivity (Wildman–Crippen MR) is 140 cm³/mol. The molecule has 8 nitrogen and oxygen atoms in total. The van der Waals surface area contributed by atoms with E-state index in [1.807, 2.05) is 18.2 Å². The molecular weight excluding hydrogens is 505 g/mol. The molecule has 0 unspecified atom stereocenters. The first kappa shape index (κ1) is 23.5. The minimum atomic E-state index is -2.68. The van der Waals surface area contributed by atoms with E-state index in [0.717, 1.165) is 11.1 Å². The summed E-state index contributed by atoms with van der Waals surface area (Å²) in [6.07, 6.45) is 6.39. The van der Waals surface area contributed by atoms with Gasteiger partial charge >= 0.3 is 0 Å². The Morgan fingerprint density at radius 1 is 0.974 bits per heavy atom. The number of benzene rings is 1. The number of hydrogen-bond acceptors (Lipinski definition) is 6. The number of fused-ring (bicyclic) bond motifs is 2. The number of aromatic nitrogens is 7. The molecule has 0 spiro atoms. The van der Waals surface area contributed by atoms with Gasteiger partial charge in [-0.05, 0) is 42.0 Å². The summed E-state index contributed by atoms with van der Waals surface area (Å²) in [6, 6.07) is 12.5. The number of hydrogen-bond donors (Lipinski definition) is 2. The molecule has 0 atom stereocenters. The number of nitrogens with one attached hydrogen (secondary N) is 2. The highest BCUT2D eigenvalue weighted by atomic mass is 19.3. The number of H-pyrrole nitrogens is 2. The minimum Gasteiger partial charge on any atom is -0.336 e. The first-order valence-corrected chi connectivity index (χ1v) is 12.4. The van der Waals surface area contributed by atoms with E-state index in [9.17, 15) is 8.78 Å². The smallest absolute Gasteiger partial charge is 0.261 e. The van der Waals surface area contributed by atoms with E-state index < -0.39 is 11.7 Å². The van der Waals surface area contributed by atoms with Crippen LogP contribution >= 0.6 is 0 Å². The molecule has 39 heavy (non-hydrogen) atoms. The van der Waals surface area contributed by atoms with Crippen LogP contribution in [0, 0.1) is 5.82 Å². The molecule has 0 bridgehead atoms. The van der Waals surface area contributed by atoms with Crippen molar-refractivity contribution in [2.45, 2.75) is 18.9 Å². The number of likely N-dealkylation sites (tertiary alicyclic amines) is 1. The molecular formula is C28H21F3N8. The van der Waals surface area contributed by atoms with Gasteiger partial charge in [-0.2, -0.15) is 5.10 Å². The molecule has 2 N–H and O–H groups in total. The van der Waals surface area contributed by atoms with E-state index in [2.05, 4.69) is 30.1 Å². The van der Waals surface area contributed by atoms with Crippen LogP contribution < -0.4 is 0 Å². The Kier molecular flexibility index (Phi) is 5.41. The SMILES string of the molecule is Fc1c(-c2cncc(CN3CCC(F)(F)C3)c2)ccc2[nH]nc(-c3nc4c(-c5ccccn5)nccc4[nH]3)c12. The second-order valence-corrected chi connectivity index (χ2v) is 9.68. The Balaban J connectivity index is 1.28. The van der Waals surface area contributed by atoms with Crippen LogP contribution in [0.25, 0.3) is 56.0 Å². The van der Waals surface area contributed by atoms with E-state index in [4.69, 9.17) is 4.98 Å². The number of rotatable bonds is 5. The molecule has 6 heterocycles. The van der Waals surface area contributed by atoms with Crippen molar-refractivity contribution in [3.05, 3.63) is 78.6 Å². The van der Waals surface area contributed by atoms with E-state index in [1.54, 1.807) is 54.0 Å². The van der Waals surface area contributed by atoms with Gasteiger partial charge in [0.25, 0.3) is 5.92 Å². The number of nitrogens with zero attached hydrogens (tertiary/aromatic N) is 6. The zero-order valence-corrected chi connectivity index (χ0v) is 20.5. The largest absolute Gasteiger partial charge is 0.336 e. The molecule has 1 fully saturated rings. The second-order valence-electron chi connectivity index (χ2n) is 9.68. The summed E-state index contributed by atoms with van der Waals surface area (Å²) < 4.78 is 43.4. The minimum absolute atomic E-state index is 0.157. The topological polar surface area (TPSA) is 99.3 Å². The molecule has 0 aliphatic carbocycles. The molecule has 6 aromatic rings. The van der Waals surface area contributed by atoms with Crippen LogP contribution in [0.5, 0.6) is 0 Å². The standard InChI is InChI=1S/C28H21F3N8/c29-23-18(17-11-16(12-32-13-17)14-39-10-7-28(30,31)15-39)4-5-19-22(23)26(38-37-19)27-35-21-6-9-34-24(25(21)36-27)20-3-1-2-8-33-20/h1-6,8-9,11-13H,7,10,14-15H2,(H,35,36)(H,37,38). The third kappa shape index (κ3) is 4.20. The van der Waals surface area contributed by atoms with Gasteiger partial charge in [0.2, 0.25) is 0 Å². The highest BCUT2D eigenvalue weighted by Crippen LogP contribution is 2.35. The van der Waals surface area contributed by atoms with Crippen molar-refractivity contribution in [3.63, 3.8) is 0 Å². The fraction of sp³-hybridized carbons (Fsp3) is 0.179. The molecule has 1 aliphatic heterocycles. The number of alkyl halides is 2. The van der Waals surface area contributed by atoms with Gasteiger partial charge < -0.3 is 4.98 Å². The van der Waals surface area contributed by atoms with Crippen molar-refractivity contribution in [3.8, 4) is 34.0 Å². The predicted octanol–water partition coefficient (Wildman–Crippen LogP) is 5.61. The quantitative estimate of drug-likeness (QED) is 0.303. The van der Waals surface area contributed by atoms with Gasteiger partial charge in [0.1, 0.15) is 22.7 Å². The summed E-state index contributed by atoms with van der Waals surface area (Å²) in [4.78, 5) is 22.7. The number of pyridine rings is 3. The van der Waals surface area contributed by atoms with Crippen LogP contribution in [0.4, 0.5) is 13.2 Å². The van der Waals surface area contributed by atoms with Gasteiger partial charge in [-0.15, -0.1) is 0 Å². The van der Waals surface area contributed by atoms with Crippen LogP contribution in [0.15, 0.2) is 67.3 Å². The number of aromatic amines is 2. The lowest BCUT2D eigenvalue weighted by Gasteiger charge is -2.16. The number of halogens is 3. The molecule has 1 aliphatic rings. The van der Waals surface area contributed by atoms with E-state index >= 15 is 4.39 Å². The fourth-order valence-corrected chi connectivity index (χ4v) is 5.13. The van der Waals surface area contributed by atoms with E-state index in [1.165, 1.54) is 0 Å². The summed E-state index contributed by atoms with van der Waals surface area (Å²) in [6.45, 7) is 0.346. The lowest BCUT2D eigenvalue weighted by molar-refractivity contribution is 0.0115. The third-order valence-corrected chi connectivity index (χ3v) is 6.96.